The Morgan fingerprint density at radius 3 is 2.38 bits per heavy atom. The second-order valence-corrected chi connectivity index (χ2v) is 7.96. The van der Waals surface area contributed by atoms with Gasteiger partial charge in [-0.25, -0.2) is 9.98 Å². The molecule has 0 atom stereocenters. The first-order chi connectivity index (χ1) is 15.8. The molecule has 0 spiro atoms. The molecule has 32 heavy (non-hydrogen) atoms. The fourth-order valence-corrected chi connectivity index (χ4v) is 4.18. The number of nitrogens with zero attached hydrogens (tertiary/aromatic N) is 4. The highest BCUT2D eigenvalue weighted by Crippen LogP contribution is 2.32. The van der Waals surface area contributed by atoms with E-state index in [2.05, 4.69) is 54.1 Å². The van der Waals surface area contributed by atoms with Gasteiger partial charge in [0.15, 0.2) is 11.3 Å². The maximum absolute atomic E-state index is 6.42. The van der Waals surface area contributed by atoms with E-state index in [0.717, 1.165) is 70.3 Å². The molecule has 0 saturated carbocycles. The molecule has 5 heteroatoms. The van der Waals surface area contributed by atoms with Gasteiger partial charge in [-0.3, -0.25) is 4.98 Å². The van der Waals surface area contributed by atoms with E-state index in [4.69, 9.17) is 14.4 Å². The zero-order chi connectivity index (χ0) is 21.9. The highest BCUT2D eigenvalue weighted by atomic mass is 16.3. The Morgan fingerprint density at radius 1 is 0.875 bits per heavy atom. The molecule has 0 saturated heterocycles. The first-order valence-corrected chi connectivity index (χ1v) is 11.2. The molecule has 2 heterocycles. The van der Waals surface area contributed by atoms with Crippen LogP contribution in [0.5, 0.6) is 0 Å². The van der Waals surface area contributed by atoms with E-state index in [-0.39, 0.29) is 0 Å². The van der Waals surface area contributed by atoms with Crippen molar-refractivity contribution in [2.24, 2.45) is 4.99 Å². The van der Waals surface area contributed by atoms with Gasteiger partial charge >= 0.3 is 0 Å². The van der Waals surface area contributed by atoms with Crippen molar-refractivity contribution in [2.45, 2.75) is 26.7 Å². The van der Waals surface area contributed by atoms with Crippen LogP contribution in [0, 0.1) is 0 Å². The van der Waals surface area contributed by atoms with Gasteiger partial charge in [-0.05, 0) is 37.1 Å². The Morgan fingerprint density at radius 2 is 1.62 bits per heavy atom. The maximum Gasteiger partial charge on any atom is 0.155 e. The van der Waals surface area contributed by atoms with Crippen LogP contribution in [0.1, 0.15) is 26.7 Å². The lowest BCUT2D eigenvalue weighted by Crippen LogP contribution is -2.24. The Kier molecular flexibility index (Phi) is 5.55. The summed E-state index contributed by atoms with van der Waals surface area (Å²) in [6, 6.07) is 20.3. The number of fused-ring (bicyclic) bond motifs is 4. The molecule has 1 aliphatic heterocycles. The highest BCUT2D eigenvalue weighted by molar-refractivity contribution is 5.96. The van der Waals surface area contributed by atoms with E-state index in [9.17, 15) is 0 Å². The van der Waals surface area contributed by atoms with Crippen molar-refractivity contribution in [3.8, 4) is 11.5 Å². The highest BCUT2D eigenvalue weighted by Gasteiger charge is 2.16. The summed E-state index contributed by atoms with van der Waals surface area (Å²) in [6.45, 7) is 6.48. The topological polar surface area (TPSA) is 54.5 Å². The minimum absolute atomic E-state index is 0.735. The van der Waals surface area contributed by atoms with Crippen LogP contribution in [0.3, 0.4) is 0 Å². The van der Waals surface area contributed by atoms with Crippen molar-refractivity contribution in [3.05, 3.63) is 78.4 Å². The lowest BCUT2D eigenvalue weighted by atomic mass is 10.0. The standard InChI is InChI=1S/C27H26N4O/c1-3-15-31(16-4-2)20-9-10-23-25(17-20)32-26-18-24(29-19-11-13-28-14-12-19)21-7-5-6-8-22(21)27(26)30-23/h5-14,17-18H,3-4,15-16H2,1-2H3/b29-24+. The van der Waals surface area contributed by atoms with Crippen LogP contribution in [-0.2, 0) is 0 Å². The van der Waals surface area contributed by atoms with E-state index < -0.39 is 0 Å². The molecule has 0 fully saturated rings. The van der Waals surface area contributed by atoms with Gasteiger partial charge in [0.05, 0.1) is 11.0 Å². The molecule has 3 aromatic rings. The summed E-state index contributed by atoms with van der Waals surface area (Å²) in [5.41, 5.74) is 4.54. The number of rotatable bonds is 6. The van der Waals surface area contributed by atoms with Crippen LogP contribution in [0.15, 0.2) is 82.5 Å². The van der Waals surface area contributed by atoms with Gasteiger partial charge < -0.3 is 9.32 Å². The number of anilines is 1. The van der Waals surface area contributed by atoms with Crippen molar-refractivity contribution in [2.75, 3.05) is 18.0 Å². The zero-order valence-electron chi connectivity index (χ0n) is 18.5. The van der Waals surface area contributed by atoms with Crippen LogP contribution >= 0.6 is 0 Å². The number of aromatic nitrogens is 2. The van der Waals surface area contributed by atoms with E-state index in [0.29, 0.717) is 0 Å². The van der Waals surface area contributed by atoms with Gasteiger partial charge in [-0.2, -0.15) is 0 Å². The van der Waals surface area contributed by atoms with Crippen molar-refractivity contribution in [1.82, 2.24) is 9.97 Å². The van der Waals surface area contributed by atoms with E-state index in [1.807, 2.05) is 30.3 Å². The Balaban J connectivity index is 1.74. The summed E-state index contributed by atoms with van der Waals surface area (Å²) in [6.07, 6.45) is 5.72. The van der Waals surface area contributed by atoms with E-state index >= 15 is 0 Å². The summed E-state index contributed by atoms with van der Waals surface area (Å²) in [7, 11) is 0. The Labute approximate surface area is 187 Å². The van der Waals surface area contributed by atoms with Crippen molar-refractivity contribution in [1.29, 1.82) is 0 Å². The van der Waals surface area contributed by atoms with Crippen LogP contribution < -0.4 is 10.3 Å². The van der Waals surface area contributed by atoms with Crippen molar-refractivity contribution < 1.29 is 4.42 Å². The quantitative estimate of drug-likeness (QED) is 0.237. The molecule has 0 bridgehead atoms. The zero-order valence-corrected chi connectivity index (χ0v) is 18.5. The molecule has 1 aliphatic carbocycles. The molecule has 160 valence electrons. The summed E-state index contributed by atoms with van der Waals surface area (Å²) in [4.78, 5) is 16.3. The molecule has 5 nitrogen and oxygen atoms in total. The smallest absolute Gasteiger partial charge is 0.155 e. The predicted molar refractivity (Wildman–Crippen MR) is 130 cm³/mol. The maximum atomic E-state index is 6.42. The summed E-state index contributed by atoms with van der Waals surface area (Å²) >= 11 is 0. The fraction of sp³-hybridized carbons (Fsp3) is 0.222. The molecule has 0 unspecified atom stereocenters. The molecule has 2 aromatic carbocycles. The van der Waals surface area contributed by atoms with Gasteiger partial charge in [0.1, 0.15) is 11.2 Å². The number of pyridine rings is 1. The lowest BCUT2D eigenvalue weighted by molar-refractivity contribution is 0.613. The van der Waals surface area contributed by atoms with E-state index in [1.54, 1.807) is 12.4 Å². The minimum Gasteiger partial charge on any atom is -0.453 e. The largest absolute Gasteiger partial charge is 0.453 e. The third-order valence-corrected chi connectivity index (χ3v) is 5.62. The summed E-state index contributed by atoms with van der Waals surface area (Å²) in [5, 5.41) is 2.94. The molecule has 1 aromatic heterocycles. The molecule has 0 amide bonds. The average Bonchev–Trinajstić information content (AvgIpc) is 2.83. The van der Waals surface area contributed by atoms with Crippen LogP contribution in [0.25, 0.3) is 33.3 Å². The summed E-state index contributed by atoms with van der Waals surface area (Å²) in [5.74, 6) is 0.735. The van der Waals surface area contributed by atoms with E-state index in [1.165, 1.54) is 5.69 Å². The second-order valence-electron chi connectivity index (χ2n) is 7.96. The van der Waals surface area contributed by atoms with Gasteiger partial charge in [0.2, 0.25) is 0 Å². The van der Waals surface area contributed by atoms with Crippen LogP contribution in [-0.4, -0.2) is 23.1 Å². The second kappa shape index (κ2) is 8.79. The first kappa shape index (κ1) is 20.2. The molecule has 0 radical (unpaired) electrons. The third-order valence-electron chi connectivity index (χ3n) is 5.62. The Hall–Kier alpha value is -3.73. The van der Waals surface area contributed by atoms with Crippen LogP contribution in [0.2, 0.25) is 0 Å². The first-order valence-electron chi connectivity index (χ1n) is 11.2. The average molecular weight is 423 g/mol. The monoisotopic (exact) mass is 422 g/mol. The molecule has 5 rings (SSSR count). The lowest BCUT2D eigenvalue weighted by Gasteiger charge is -2.24. The van der Waals surface area contributed by atoms with Gasteiger partial charge in [-0.15, -0.1) is 0 Å². The molecule has 2 aliphatic rings. The van der Waals surface area contributed by atoms with Crippen LogP contribution in [0.4, 0.5) is 11.4 Å². The number of hydrogen-bond acceptors (Lipinski definition) is 5. The van der Waals surface area contributed by atoms with Gasteiger partial charge in [0.25, 0.3) is 0 Å². The molecule has 0 N–H and O–H groups in total. The third kappa shape index (κ3) is 3.82. The Bertz CT molecular complexity index is 1400. The minimum atomic E-state index is 0.735. The molecular formula is C27H26N4O. The number of hydrogen-bond donors (Lipinski definition) is 0. The van der Waals surface area contributed by atoms with Crippen molar-refractivity contribution >= 4 is 33.2 Å². The number of benzene rings is 3. The van der Waals surface area contributed by atoms with Crippen molar-refractivity contribution in [3.63, 3.8) is 0 Å². The molecular weight excluding hydrogens is 396 g/mol. The predicted octanol–water partition coefficient (Wildman–Crippen LogP) is 6.34. The summed E-state index contributed by atoms with van der Waals surface area (Å²) < 4.78 is 6.42. The fourth-order valence-electron chi connectivity index (χ4n) is 4.18. The van der Waals surface area contributed by atoms with Gasteiger partial charge in [-0.1, -0.05) is 38.1 Å². The SMILES string of the molecule is CCCN(CCC)c1ccc2nc3c4ccccc4/c(=N/c4ccncc4)cc-3oc2c1. The normalized spacial score (nSPS) is 12.1. The van der Waals surface area contributed by atoms with Gasteiger partial charge in [0, 0.05) is 54.1 Å².